The van der Waals surface area contributed by atoms with Gasteiger partial charge in [-0.15, -0.1) is 0 Å². The summed E-state index contributed by atoms with van der Waals surface area (Å²) in [6, 6.07) is 2.11. The van der Waals surface area contributed by atoms with Crippen LogP contribution in [0.25, 0.3) is 5.95 Å². The Morgan fingerprint density at radius 2 is 2.14 bits per heavy atom. The lowest BCUT2D eigenvalue weighted by Crippen LogP contribution is -2.17. The number of hydrazine groups is 1. The summed E-state index contributed by atoms with van der Waals surface area (Å²) in [4.78, 5) is 16.5. The van der Waals surface area contributed by atoms with Gasteiger partial charge in [0.2, 0.25) is 11.9 Å². The van der Waals surface area contributed by atoms with Crippen molar-refractivity contribution in [1.82, 2.24) is 29.7 Å². The number of thiophene rings is 1. The van der Waals surface area contributed by atoms with Crippen LogP contribution < -0.4 is 16.6 Å². The highest BCUT2D eigenvalue weighted by molar-refractivity contribution is 7.07. The van der Waals surface area contributed by atoms with Crippen molar-refractivity contribution in [3.05, 3.63) is 35.0 Å². The van der Waals surface area contributed by atoms with Crippen molar-refractivity contribution < 1.29 is 0 Å². The zero-order valence-corrected chi connectivity index (χ0v) is 11.9. The summed E-state index contributed by atoms with van der Waals surface area (Å²) in [5.41, 5.74) is 3.57. The molecule has 9 nitrogen and oxygen atoms in total. The smallest absolute Gasteiger partial charge is 0.258 e. The molecule has 0 saturated carbocycles. The fraction of sp³-hybridized carbons (Fsp3) is 0.182. The molecule has 0 aliphatic rings. The molecular weight excluding hydrogens is 290 g/mol. The molecule has 1 unspecified atom stereocenters. The van der Waals surface area contributed by atoms with Gasteiger partial charge in [-0.05, 0) is 29.3 Å². The Bertz CT molecular complexity index is 695. The molecule has 108 valence electrons. The number of hydrogen-bond donors (Lipinski definition) is 3. The largest absolute Gasteiger partial charge is 0.347 e. The molecule has 0 aliphatic heterocycles. The van der Waals surface area contributed by atoms with Gasteiger partial charge in [0, 0.05) is 0 Å². The number of hydrogen-bond acceptors (Lipinski definition) is 9. The van der Waals surface area contributed by atoms with Gasteiger partial charge in [0.1, 0.15) is 12.7 Å². The Hall–Kier alpha value is -2.59. The number of nitrogens with zero attached hydrogens (tertiary/aromatic N) is 6. The molecule has 0 radical (unpaired) electrons. The van der Waals surface area contributed by atoms with E-state index in [9.17, 15) is 0 Å². The quantitative estimate of drug-likeness (QED) is 0.471. The van der Waals surface area contributed by atoms with Gasteiger partial charge < -0.3 is 5.32 Å². The van der Waals surface area contributed by atoms with E-state index in [2.05, 4.69) is 41.2 Å². The third-order valence-corrected chi connectivity index (χ3v) is 3.47. The average Bonchev–Trinajstić information content (AvgIpc) is 3.19. The molecule has 0 aliphatic carbocycles. The van der Waals surface area contributed by atoms with Gasteiger partial charge >= 0.3 is 0 Å². The van der Waals surface area contributed by atoms with Crippen LogP contribution in [0.4, 0.5) is 11.9 Å². The number of nitrogens with two attached hydrogens (primary N) is 1. The molecule has 0 aromatic carbocycles. The Morgan fingerprint density at radius 3 is 2.81 bits per heavy atom. The van der Waals surface area contributed by atoms with Crippen LogP contribution in [0, 0.1) is 0 Å². The third-order valence-electron chi connectivity index (χ3n) is 2.77. The summed E-state index contributed by atoms with van der Waals surface area (Å²) in [7, 11) is 0. The lowest BCUT2D eigenvalue weighted by molar-refractivity contribution is 0.783. The van der Waals surface area contributed by atoms with Crippen LogP contribution in [0.1, 0.15) is 18.5 Å². The highest BCUT2D eigenvalue weighted by Gasteiger charge is 2.12. The topological polar surface area (TPSA) is 119 Å². The maximum Gasteiger partial charge on any atom is 0.258 e. The van der Waals surface area contributed by atoms with Crippen LogP contribution in [0.5, 0.6) is 0 Å². The maximum absolute atomic E-state index is 5.39. The van der Waals surface area contributed by atoms with Crippen molar-refractivity contribution in [2.45, 2.75) is 13.0 Å². The molecule has 0 amide bonds. The summed E-state index contributed by atoms with van der Waals surface area (Å²) < 4.78 is 1.43. The Kier molecular flexibility index (Phi) is 3.71. The van der Waals surface area contributed by atoms with Gasteiger partial charge in [0.05, 0.1) is 6.04 Å². The normalized spacial score (nSPS) is 12.1. The van der Waals surface area contributed by atoms with Gasteiger partial charge in [0.15, 0.2) is 0 Å². The van der Waals surface area contributed by atoms with Gasteiger partial charge in [-0.2, -0.15) is 36.1 Å². The molecule has 21 heavy (non-hydrogen) atoms. The first kappa shape index (κ1) is 13.4. The van der Waals surface area contributed by atoms with E-state index in [0.29, 0.717) is 11.9 Å². The fourth-order valence-corrected chi connectivity index (χ4v) is 2.46. The fourth-order valence-electron chi connectivity index (χ4n) is 1.71. The summed E-state index contributed by atoms with van der Waals surface area (Å²) in [5.74, 6) is 6.37. The molecule has 0 bridgehead atoms. The molecule has 3 aromatic rings. The van der Waals surface area contributed by atoms with Crippen LogP contribution in [0.2, 0.25) is 0 Å². The van der Waals surface area contributed by atoms with Gasteiger partial charge in [0.25, 0.3) is 5.95 Å². The summed E-state index contributed by atoms with van der Waals surface area (Å²) >= 11 is 1.64. The minimum absolute atomic E-state index is 0.0628. The Labute approximate surface area is 124 Å². The number of rotatable bonds is 5. The zero-order valence-electron chi connectivity index (χ0n) is 11.1. The molecule has 3 aromatic heterocycles. The number of anilines is 2. The van der Waals surface area contributed by atoms with Gasteiger partial charge in [-0.1, -0.05) is 0 Å². The summed E-state index contributed by atoms with van der Waals surface area (Å²) in [6.07, 6.45) is 2.90. The van der Waals surface area contributed by atoms with Gasteiger partial charge in [-0.3, -0.25) is 5.43 Å². The number of aromatic nitrogens is 6. The zero-order chi connectivity index (χ0) is 14.7. The van der Waals surface area contributed by atoms with Crippen molar-refractivity contribution >= 4 is 23.2 Å². The minimum Gasteiger partial charge on any atom is -0.347 e. The lowest BCUT2D eigenvalue weighted by Gasteiger charge is -2.13. The Balaban J connectivity index is 1.89. The second-order valence-corrected chi connectivity index (χ2v) is 4.97. The molecule has 4 N–H and O–H groups in total. The molecule has 10 heteroatoms. The van der Waals surface area contributed by atoms with Crippen LogP contribution in [0.15, 0.2) is 29.5 Å². The van der Waals surface area contributed by atoms with E-state index in [1.54, 1.807) is 11.3 Å². The van der Waals surface area contributed by atoms with E-state index in [1.165, 1.54) is 17.3 Å². The monoisotopic (exact) mass is 303 g/mol. The molecule has 0 saturated heterocycles. The SMILES string of the molecule is CC(Nc1nc(NN)nc(-n2cncn2)n1)c1ccsc1. The van der Waals surface area contributed by atoms with Crippen molar-refractivity contribution in [3.8, 4) is 5.95 Å². The van der Waals surface area contributed by atoms with E-state index in [0.717, 1.165) is 5.56 Å². The lowest BCUT2D eigenvalue weighted by atomic mass is 10.2. The van der Waals surface area contributed by atoms with Gasteiger partial charge in [-0.25, -0.2) is 10.8 Å². The predicted molar refractivity (Wildman–Crippen MR) is 78.9 cm³/mol. The second kappa shape index (κ2) is 5.81. The van der Waals surface area contributed by atoms with Crippen LogP contribution in [-0.4, -0.2) is 29.7 Å². The minimum atomic E-state index is 0.0628. The van der Waals surface area contributed by atoms with Crippen molar-refractivity contribution in [2.24, 2.45) is 5.84 Å². The molecule has 1 atom stereocenters. The number of nitrogens with one attached hydrogen (secondary N) is 2. The van der Waals surface area contributed by atoms with E-state index < -0.39 is 0 Å². The van der Waals surface area contributed by atoms with Crippen molar-refractivity contribution in [2.75, 3.05) is 10.7 Å². The van der Waals surface area contributed by atoms with Crippen molar-refractivity contribution in [1.29, 1.82) is 0 Å². The van der Waals surface area contributed by atoms with Crippen LogP contribution in [-0.2, 0) is 0 Å². The summed E-state index contributed by atoms with van der Waals surface area (Å²) in [6.45, 7) is 2.02. The van der Waals surface area contributed by atoms with Crippen LogP contribution in [0.3, 0.4) is 0 Å². The standard InChI is InChI=1S/C11H13N9S/c1-7(8-2-3-21-4-8)15-9-16-10(19-12)18-11(17-9)20-6-13-5-14-20/h2-7H,12H2,1H3,(H2,15,16,17,18,19). The third kappa shape index (κ3) is 2.95. The number of nitrogen functional groups attached to an aromatic ring is 1. The van der Waals surface area contributed by atoms with Crippen molar-refractivity contribution in [3.63, 3.8) is 0 Å². The van der Waals surface area contributed by atoms with Crippen LogP contribution >= 0.6 is 11.3 Å². The highest BCUT2D eigenvalue weighted by atomic mass is 32.1. The van der Waals surface area contributed by atoms with E-state index in [4.69, 9.17) is 5.84 Å². The molecule has 0 fully saturated rings. The molecular formula is C11H13N9S. The molecule has 0 spiro atoms. The second-order valence-electron chi connectivity index (χ2n) is 4.19. The van der Waals surface area contributed by atoms with E-state index in [-0.39, 0.29) is 12.0 Å². The highest BCUT2D eigenvalue weighted by Crippen LogP contribution is 2.20. The Morgan fingerprint density at radius 1 is 1.29 bits per heavy atom. The van der Waals surface area contributed by atoms with E-state index in [1.807, 2.05) is 18.4 Å². The molecule has 3 heterocycles. The summed E-state index contributed by atoms with van der Waals surface area (Å²) in [5, 5.41) is 11.3. The maximum atomic E-state index is 5.39. The first-order valence-electron chi connectivity index (χ1n) is 6.12. The predicted octanol–water partition coefficient (Wildman–Crippen LogP) is 0.972. The first-order chi connectivity index (χ1) is 10.3. The van der Waals surface area contributed by atoms with E-state index >= 15 is 0 Å². The average molecular weight is 303 g/mol. The first-order valence-corrected chi connectivity index (χ1v) is 7.07. The molecule has 3 rings (SSSR count).